The van der Waals surface area contributed by atoms with E-state index in [1.54, 1.807) is 29.7 Å². The number of aromatic nitrogens is 2. The zero-order valence-corrected chi connectivity index (χ0v) is 21.3. The van der Waals surface area contributed by atoms with E-state index in [4.69, 9.17) is 9.47 Å². The Hall–Kier alpha value is -3.30. The number of nitrogens with zero attached hydrogens (tertiary/aromatic N) is 4. The van der Waals surface area contributed by atoms with Crippen molar-refractivity contribution in [1.82, 2.24) is 18.9 Å². The van der Waals surface area contributed by atoms with Crippen LogP contribution in [0.2, 0.25) is 0 Å². The maximum atomic E-state index is 13.4. The number of imide groups is 1. The number of aryl methyl sites for hydroxylation is 1. The Balaban J connectivity index is 1.71. The fourth-order valence-electron chi connectivity index (χ4n) is 5.17. The van der Waals surface area contributed by atoms with Crippen molar-refractivity contribution >= 4 is 28.9 Å². The average Bonchev–Trinajstić information content (AvgIpc) is 3.06. The summed E-state index contributed by atoms with van der Waals surface area (Å²) in [5.41, 5.74) is 1.40. The second kappa shape index (κ2) is 9.05. The summed E-state index contributed by atoms with van der Waals surface area (Å²) in [6.07, 6.45) is 1.55. The van der Waals surface area contributed by atoms with E-state index in [0.29, 0.717) is 37.2 Å². The van der Waals surface area contributed by atoms with Crippen molar-refractivity contribution in [1.29, 1.82) is 0 Å². The predicted molar refractivity (Wildman–Crippen MR) is 130 cm³/mol. The van der Waals surface area contributed by atoms with Crippen molar-refractivity contribution in [2.45, 2.75) is 64.0 Å². The van der Waals surface area contributed by atoms with Gasteiger partial charge in [-0.15, -0.1) is 0 Å². The molecular weight excluding hydrogens is 452 g/mol. The molecule has 1 atom stereocenters. The summed E-state index contributed by atoms with van der Waals surface area (Å²) in [5, 5.41) is 0. The highest BCUT2D eigenvalue weighted by Gasteiger charge is 2.37. The van der Waals surface area contributed by atoms with Crippen LogP contribution in [0.4, 0.5) is 4.79 Å². The van der Waals surface area contributed by atoms with Crippen molar-refractivity contribution in [3.63, 3.8) is 0 Å². The zero-order valence-electron chi connectivity index (χ0n) is 21.3. The lowest BCUT2D eigenvalue weighted by Gasteiger charge is -2.34. The second-order valence-electron chi connectivity index (χ2n) is 10.3. The smallest absolute Gasteiger partial charge is 0.410 e. The van der Waals surface area contributed by atoms with E-state index in [0.717, 1.165) is 16.0 Å². The highest BCUT2D eigenvalue weighted by atomic mass is 16.6. The van der Waals surface area contributed by atoms with E-state index in [-0.39, 0.29) is 42.4 Å². The Kier molecular flexibility index (Phi) is 6.42. The molecule has 190 valence electrons. The first-order valence-electron chi connectivity index (χ1n) is 12.0. The number of benzene rings is 1. The summed E-state index contributed by atoms with van der Waals surface area (Å²) < 4.78 is 14.3. The number of fused-ring (bicyclic) bond motifs is 1. The SMILES string of the molecule is COc1ccc2c(c1C1CCN(C(=O)OC(C)(C)C)CC1)n(C)c(=O)n2C1CCC(=O)N(C)C1=O. The predicted octanol–water partition coefficient (Wildman–Crippen LogP) is 2.78. The molecule has 3 amide bonds. The van der Waals surface area contributed by atoms with Crippen LogP contribution in [-0.4, -0.2) is 69.7 Å². The molecule has 2 aliphatic rings. The number of methoxy groups -OCH3 is 1. The molecule has 0 radical (unpaired) electrons. The van der Waals surface area contributed by atoms with Gasteiger partial charge in [0.1, 0.15) is 17.4 Å². The second-order valence-corrected chi connectivity index (χ2v) is 10.3. The molecule has 0 spiro atoms. The van der Waals surface area contributed by atoms with Gasteiger partial charge in [-0.3, -0.25) is 23.6 Å². The molecule has 0 saturated carbocycles. The monoisotopic (exact) mass is 486 g/mol. The van der Waals surface area contributed by atoms with Gasteiger partial charge in [0.25, 0.3) is 5.91 Å². The Morgan fingerprint density at radius 1 is 1.03 bits per heavy atom. The van der Waals surface area contributed by atoms with E-state index in [1.807, 2.05) is 26.8 Å². The molecule has 0 aliphatic carbocycles. The molecule has 2 aromatic rings. The first-order valence-corrected chi connectivity index (χ1v) is 12.0. The fraction of sp³-hybridized carbons (Fsp3) is 0.600. The quantitative estimate of drug-likeness (QED) is 0.618. The van der Waals surface area contributed by atoms with Gasteiger partial charge in [0.05, 0.1) is 18.1 Å². The summed E-state index contributed by atoms with van der Waals surface area (Å²) in [6, 6.07) is 2.90. The lowest BCUT2D eigenvalue weighted by molar-refractivity contribution is -0.149. The molecule has 2 saturated heterocycles. The van der Waals surface area contributed by atoms with Crippen molar-refractivity contribution in [2.75, 3.05) is 27.2 Å². The standard InChI is InChI=1S/C25H34N4O6/c1-25(2,3)35-24(33)28-13-11-15(12-14-28)20-18(34-6)9-7-16-21(20)27(5)23(32)29(16)17-8-10-19(30)26(4)22(17)31/h7,9,15,17H,8,10-14H2,1-6H3. The molecule has 10 heteroatoms. The summed E-state index contributed by atoms with van der Waals surface area (Å²) in [5.74, 6) is 0.112. The van der Waals surface area contributed by atoms with Gasteiger partial charge in [-0.25, -0.2) is 9.59 Å². The number of likely N-dealkylation sites (tertiary alicyclic amines) is 2. The molecular formula is C25H34N4O6. The van der Waals surface area contributed by atoms with E-state index < -0.39 is 11.6 Å². The Morgan fingerprint density at radius 3 is 2.29 bits per heavy atom. The van der Waals surface area contributed by atoms with Crippen LogP contribution in [0.3, 0.4) is 0 Å². The lowest BCUT2D eigenvalue weighted by atomic mass is 9.87. The number of ether oxygens (including phenoxy) is 2. The van der Waals surface area contributed by atoms with Crippen LogP contribution in [0.5, 0.6) is 5.75 Å². The largest absolute Gasteiger partial charge is 0.496 e. The summed E-state index contributed by atoms with van der Waals surface area (Å²) in [7, 11) is 4.75. The molecule has 0 N–H and O–H groups in total. The maximum absolute atomic E-state index is 13.4. The van der Waals surface area contributed by atoms with Gasteiger partial charge in [-0.05, 0) is 58.1 Å². The van der Waals surface area contributed by atoms with Gasteiger partial charge in [0.2, 0.25) is 5.91 Å². The maximum Gasteiger partial charge on any atom is 0.410 e. The van der Waals surface area contributed by atoms with Crippen molar-refractivity contribution in [3.8, 4) is 5.75 Å². The van der Waals surface area contributed by atoms with Crippen LogP contribution in [0.15, 0.2) is 16.9 Å². The molecule has 3 heterocycles. The number of carbonyl (C=O) groups excluding carboxylic acids is 3. The van der Waals surface area contributed by atoms with E-state index in [2.05, 4.69) is 0 Å². The van der Waals surface area contributed by atoms with Crippen LogP contribution in [0.1, 0.15) is 64.0 Å². The number of carbonyl (C=O) groups is 3. The molecule has 1 aromatic heterocycles. The minimum absolute atomic E-state index is 0.0556. The van der Waals surface area contributed by atoms with Crippen molar-refractivity contribution in [3.05, 3.63) is 28.2 Å². The van der Waals surface area contributed by atoms with Gasteiger partial charge in [-0.2, -0.15) is 0 Å². The molecule has 2 aliphatic heterocycles. The van der Waals surface area contributed by atoms with Crippen LogP contribution < -0.4 is 10.4 Å². The number of imidazole rings is 1. The van der Waals surface area contributed by atoms with E-state index in [9.17, 15) is 19.2 Å². The topological polar surface area (TPSA) is 103 Å². The molecule has 1 unspecified atom stereocenters. The number of rotatable bonds is 3. The Bertz CT molecular complexity index is 1230. The van der Waals surface area contributed by atoms with Crippen LogP contribution in [-0.2, 0) is 21.4 Å². The summed E-state index contributed by atoms with van der Waals surface area (Å²) in [6.45, 7) is 6.60. The van der Waals surface area contributed by atoms with Crippen molar-refractivity contribution in [2.24, 2.45) is 7.05 Å². The van der Waals surface area contributed by atoms with Gasteiger partial charge in [0.15, 0.2) is 0 Å². The third kappa shape index (κ3) is 4.41. The number of hydrogen-bond donors (Lipinski definition) is 0. The highest BCUT2D eigenvalue weighted by Crippen LogP contribution is 2.40. The zero-order chi connectivity index (χ0) is 25.7. The van der Waals surface area contributed by atoms with Crippen molar-refractivity contribution < 1.29 is 23.9 Å². The number of hydrogen-bond acceptors (Lipinski definition) is 6. The van der Waals surface area contributed by atoms with E-state index in [1.165, 1.54) is 11.6 Å². The lowest BCUT2D eigenvalue weighted by Crippen LogP contribution is -2.45. The third-order valence-corrected chi connectivity index (χ3v) is 6.95. The summed E-state index contributed by atoms with van der Waals surface area (Å²) in [4.78, 5) is 53.6. The molecule has 4 rings (SSSR count). The molecule has 0 bridgehead atoms. The first kappa shape index (κ1) is 24.8. The average molecular weight is 487 g/mol. The molecule has 35 heavy (non-hydrogen) atoms. The van der Waals surface area contributed by atoms with E-state index >= 15 is 0 Å². The minimum Gasteiger partial charge on any atom is -0.496 e. The third-order valence-electron chi connectivity index (χ3n) is 6.95. The Morgan fingerprint density at radius 2 is 1.69 bits per heavy atom. The number of amides is 3. The Labute approximate surface area is 204 Å². The molecule has 10 nitrogen and oxygen atoms in total. The number of piperidine rings is 2. The minimum atomic E-state index is -0.732. The fourth-order valence-corrected chi connectivity index (χ4v) is 5.17. The van der Waals surface area contributed by atoms with Gasteiger partial charge >= 0.3 is 11.8 Å². The van der Waals surface area contributed by atoms with Gasteiger partial charge < -0.3 is 14.4 Å². The van der Waals surface area contributed by atoms with Crippen LogP contribution >= 0.6 is 0 Å². The van der Waals surface area contributed by atoms with Gasteiger partial charge in [-0.1, -0.05) is 0 Å². The molecule has 1 aromatic carbocycles. The number of likely N-dealkylation sites (N-methyl/N-ethyl adjacent to an activating group) is 1. The first-order chi connectivity index (χ1) is 16.4. The summed E-state index contributed by atoms with van der Waals surface area (Å²) >= 11 is 0. The van der Waals surface area contributed by atoms with Gasteiger partial charge in [0, 0.05) is 39.2 Å². The van der Waals surface area contributed by atoms with Crippen LogP contribution in [0, 0.1) is 0 Å². The normalized spacial score (nSPS) is 20.0. The highest BCUT2D eigenvalue weighted by molar-refractivity contribution is 6.00. The molecule has 2 fully saturated rings. The van der Waals surface area contributed by atoms with Crippen LogP contribution in [0.25, 0.3) is 11.0 Å².